The summed E-state index contributed by atoms with van der Waals surface area (Å²) in [6.45, 7) is 4.42. The quantitative estimate of drug-likeness (QED) is 0.438. The number of nitrogens with one attached hydrogen (secondary N) is 2. The van der Waals surface area contributed by atoms with E-state index in [1.165, 1.54) is 9.21 Å². The molecule has 0 bridgehead atoms. The summed E-state index contributed by atoms with van der Waals surface area (Å²) in [7, 11) is -3.95. The third kappa shape index (κ3) is 5.97. The molecule has 3 aliphatic rings. The molecule has 2 saturated heterocycles. The van der Waals surface area contributed by atoms with E-state index >= 15 is 0 Å². The monoisotopic (exact) mass is 626 g/mol. The van der Waals surface area contributed by atoms with E-state index in [4.69, 9.17) is 20.8 Å². The van der Waals surface area contributed by atoms with Crippen LogP contribution in [0, 0.1) is 0 Å². The first-order chi connectivity index (χ1) is 19.2. The molecule has 12 nitrogen and oxygen atoms in total. The van der Waals surface area contributed by atoms with E-state index in [0.29, 0.717) is 61.0 Å². The zero-order chi connectivity index (χ0) is 28.0. The lowest BCUT2D eigenvalue weighted by Gasteiger charge is -2.40. The van der Waals surface area contributed by atoms with Crippen LogP contribution in [0.15, 0.2) is 33.7 Å². The number of benzene rings is 1. The van der Waals surface area contributed by atoms with Crippen molar-refractivity contribution in [1.82, 2.24) is 29.4 Å². The van der Waals surface area contributed by atoms with Crippen LogP contribution in [-0.4, -0.2) is 102 Å². The molecular weight excluding hydrogens is 595 g/mol. The topological polar surface area (TPSA) is 141 Å². The van der Waals surface area contributed by atoms with E-state index in [0.717, 1.165) is 5.69 Å². The molecule has 0 radical (unpaired) electrons. The molecule has 2 fully saturated rings. The van der Waals surface area contributed by atoms with E-state index in [9.17, 15) is 18.0 Å². The largest absolute Gasteiger partial charge is 0.436 e. The van der Waals surface area contributed by atoms with Crippen LogP contribution in [0.2, 0.25) is 5.02 Å². The number of aromatic nitrogens is 2. The summed E-state index contributed by atoms with van der Waals surface area (Å²) in [4.78, 5) is 37.6. The van der Waals surface area contributed by atoms with Gasteiger partial charge < -0.3 is 29.3 Å². The number of sulfonamides is 1. The smallest absolute Gasteiger partial charge is 0.310 e. The van der Waals surface area contributed by atoms with E-state index in [2.05, 4.69) is 15.3 Å². The van der Waals surface area contributed by atoms with Crippen LogP contribution < -0.4 is 5.32 Å². The highest BCUT2D eigenvalue weighted by molar-refractivity contribution is 7.89. The third-order valence-electron chi connectivity index (χ3n) is 7.73. The molecule has 15 heteroatoms. The predicted octanol–water partition coefficient (Wildman–Crippen LogP) is 2.03. The normalized spacial score (nSPS) is 21.9. The van der Waals surface area contributed by atoms with Crippen molar-refractivity contribution in [3.8, 4) is 0 Å². The molecule has 2 amide bonds. The molecule has 0 spiro atoms. The molecule has 222 valence electrons. The number of fused-ring (bicyclic) bond motifs is 2. The van der Waals surface area contributed by atoms with Crippen LogP contribution in [-0.2, 0) is 32.5 Å². The van der Waals surface area contributed by atoms with Crippen LogP contribution in [0.25, 0.3) is 10.9 Å². The van der Waals surface area contributed by atoms with Gasteiger partial charge in [-0.1, -0.05) is 11.6 Å². The lowest BCUT2D eigenvalue weighted by Crippen LogP contribution is -2.58. The van der Waals surface area contributed by atoms with Gasteiger partial charge >= 0.3 is 5.91 Å². The molecule has 1 aromatic carbocycles. The maximum atomic E-state index is 13.7. The molecule has 6 rings (SSSR count). The minimum atomic E-state index is -3.95. The number of rotatable bonds is 5. The Morgan fingerprint density at radius 3 is 2.71 bits per heavy atom. The maximum Gasteiger partial charge on any atom is 0.310 e. The first-order valence-electron chi connectivity index (χ1n) is 13.4. The average Bonchev–Trinajstić information content (AvgIpc) is 3.57. The second-order valence-corrected chi connectivity index (χ2v) is 12.8. The minimum Gasteiger partial charge on any atom is -0.436 e. The SMILES string of the molecule is CC1Cc2nc(C(=O)N3CCN(S(=O)(=O)c4cc5cc(Cl)ccc5[nH]4)CC3CC(=O)N3CCOCC3)oc2CN1.Cl. The number of oxazole rings is 1. The van der Waals surface area contributed by atoms with Crippen LogP contribution >= 0.6 is 24.0 Å². The zero-order valence-corrected chi connectivity index (χ0v) is 24.9. The van der Waals surface area contributed by atoms with Gasteiger partial charge in [-0.25, -0.2) is 13.4 Å². The van der Waals surface area contributed by atoms with Crippen molar-refractivity contribution in [3.05, 3.63) is 46.6 Å². The number of ether oxygens (including phenoxy) is 1. The van der Waals surface area contributed by atoms with Crippen molar-refractivity contribution >= 4 is 56.7 Å². The Morgan fingerprint density at radius 1 is 1.15 bits per heavy atom. The number of morpholine rings is 1. The summed E-state index contributed by atoms with van der Waals surface area (Å²) in [5, 5.41) is 4.50. The second-order valence-electron chi connectivity index (χ2n) is 10.5. The van der Waals surface area contributed by atoms with Crippen LogP contribution in [0.1, 0.15) is 35.5 Å². The molecule has 3 aromatic rings. The number of H-pyrrole nitrogens is 1. The third-order valence-corrected chi connectivity index (χ3v) is 9.75. The highest BCUT2D eigenvalue weighted by Crippen LogP contribution is 2.28. The molecule has 0 saturated carbocycles. The Bertz CT molecular complexity index is 1550. The van der Waals surface area contributed by atoms with Crippen molar-refractivity contribution in [1.29, 1.82) is 0 Å². The van der Waals surface area contributed by atoms with Gasteiger partial charge in [0.05, 0.1) is 31.5 Å². The number of nitrogens with zero attached hydrogens (tertiary/aromatic N) is 4. The molecule has 2 N–H and O–H groups in total. The van der Waals surface area contributed by atoms with Crippen LogP contribution in [0.5, 0.6) is 0 Å². The predicted molar refractivity (Wildman–Crippen MR) is 153 cm³/mol. The Kier molecular flexibility index (Phi) is 8.65. The summed E-state index contributed by atoms with van der Waals surface area (Å²) in [6, 6.07) is 6.17. The van der Waals surface area contributed by atoms with Crippen molar-refractivity contribution < 1.29 is 27.2 Å². The number of piperazine rings is 1. The first kappa shape index (κ1) is 29.8. The summed E-state index contributed by atoms with van der Waals surface area (Å²) >= 11 is 6.09. The van der Waals surface area contributed by atoms with Crippen molar-refractivity contribution in [3.63, 3.8) is 0 Å². The molecule has 2 aromatic heterocycles. The number of aromatic amines is 1. The Morgan fingerprint density at radius 2 is 1.93 bits per heavy atom. The van der Waals surface area contributed by atoms with Crippen molar-refractivity contribution in [2.75, 3.05) is 45.9 Å². The summed E-state index contributed by atoms with van der Waals surface area (Å²) < 4.78 is 39.9. The maximum absolute atomic E-state index is 13.7. The number of hydrogen-bond acceptors (Lipinski definition) is 8. The summed E-state index contributed by atoms with van der Waals surface area (Å²) in [5.41, 5.74) is 1.39. The fourth-order valence-corrected chi connectivity index (χ4v) is 7.17. The molecule has 5 heterocycles. The standard InChI is InChI=1S/C26H31ClN6O6S.ClH/c1-16-10-21-22(14-28-16)39-25(30-21)26(35)33-5-4-32(15-19(33)13-24(34)31-6-8-38-9-7-31)40(36,37)23-12-17-11-18(27)2-3-20(17)29-23;/h2-3,11-12,16,19,28-29H,4-10,13-15H2,1H3;1H. The fourth-order valence-electron chi connectivity index (χ4n) is 5.51. The summed E-state index contributed by atoms with van der Waals surface area (Å²) in [5.74, 6) is -0.00879. The van der Waals surface area contributed by atoms with Gasteiger partial charge in [-0.05, 0) is 31.2 Å². The van der Waals surface area contributed by atoms with Gasteiger partial charge in [0.1, 0.15) is 10.8 Å². The van der Waals surface area contributed by atoms with E-state index < -0.39 is 22.0 Å². The van der Waals surface area contributed by atoms with Crippen molar-refractivity contribution in [2.45, 2.75) is 43.4 Å². The van der Waals surface area contributed by atoms with E-state index in [1.54, 1.807) is 29.2 Å². The number of amides is 2. The van der Waals surface area contributed by atoms with Crippen LogP contribution in [0.3, 0.4) is 0 Å². The number of carbonyl (C=O) groups is 2. The Hall–Kier alpha value is -2.68. The fraction of sp³-hybridized carbons (Fsp3) is 0.500. The number of carbonyl (C=O) groups excluding carboxylic acids is 2. The highest BCUT2D eigenvalue weighted by atomic mass is 35.5. The van der Waals surface area contributed by atoms with Gasteiger partial charge in [0.25, 0.3) is 15.9 Å². The zero-order valence-electron chi connectivity index (χ0n) is 22.5. The molecular formula is C26H32Cl2N6O6S. The van der Waals surface area contributed by atoms with Gasteiger partial charge in [0.2, 0.25) is 5.91 Å². The van der Waals surface area contributed by atoms with E-state index in [1.807, 2.05) is 6.92 Å². The first-order valence-corrected chi connectivity index (χ1v) is 15.2. The average molecular weight is 628 g/mol. The Labute approximate surface area is 248 Å². The van der Waals surface area contributed by atoms with Gasteiger partial charge in [-0.2, -0.15) is 4.31 Å². The molecule has 0 aliphatic carbocycles. The second kappa shape index (κ2) is 11.9. The Balaban J connectivity index is 0.00000337. The van der Waals surface area contributed by atoms with Gasteiger partial charge in [0, 0.05) is 67.5 Å². The van der Waals surface area contributed by atoms with Gasteiger partial charge in [0.15, 0.2) is 0 Å². The molecule has 41 heavy (non-hydrogen) atoms. The number of hydrogen-bond donors (Lipinski definition) is 2. The minimum absolute atomic E-state index is 0. The molecule has 2 unspecified atom stereocenters. The molecule has 3 aliphatic heterocycles. The highest BCUT2D eigenvalue weighted by Gasteiger charge is 2.40. The van der Waals surface area contributed by atoms with Crippen LogP contribution in [0.4, 0.5) is 0 Å². The molecule has 2 atom stereocenters. The van der Waals surface area contributed by atoms with Crippen molar-refractivity contribution in [2.24, 2.45) is 0 Å². The summed E-state index contributed by atoms with van der Waals surface area (Å²) in [6.07, 6.45) is 0.617. The lowest BCUT2D eigenvalue weighted by molar-refractivity contribution is -0.136. The van der Waals surface area contributed by atoms with Gasteiger partial charge in [-0.3, -0.25) is 9.59 Å². The lowest BCUT2D eigenvalue weighted by atomic mass is 10.1. The van der Waals surface area contributed by atoms with Gasteiger partial charge in [-0.15, -0.1) is 12.4 Å². The van der Waals surface area contributed by atoms with E-state index in [-0.39, 0.29) is 61.3 Å². The number of halogens is 2.